The molecular formula is C22H20FN3O2S. The lowest BCUT2D eigenvalue weighted by atomic mass is 10.1. The van der Waals surface area contributed by atoms with Crippen molar-refractivity contribution < 1.29 is 14.0 Å². The molecule has 29 heavy (non-hydrogen) atoms. The van der Waals surface area contributed by atoms with Gasteiger partial charge < -0.3 is 10.2 Å². The standard InChI is InChI=1S/C22H20FN3O2S/c1-14-5-7-16(23)12-17(14)21(27)25-20-8-6-15(13-24-20)22(28)26-10-3-2-4-19-18(26)9-11-29-19/h5-9,11-13H,2-4,10H2,1H3,(H,24,25,27). The third-order valence-electron chi connectivity index (χ3n) is 4.99. The van der Waals surface area contributed by atoms with Crippen LogP contribution < -0.4 is 10.2 Å². The normalized spacial score (nSPS) is 13.5. The number of hydrogen-bond donors (Lipinski definition) is 1. The van der Waals surface area contributed by atoms with E-state index in [2.05, 4.69) is 10.3 Å². The number of carbonyl (C=O) groups excluding carboxylic acids is 2. The fraction of sp³-hybridized carbons (Fsp3) is 0.227. The number of aromatic nitrogens is 1. The fourth-order valence-corrected chi connectivity index (χ4v) is 4.34. The van der Waals surface area contributed by atoms with E-state index in [0.717, 1.165) is 24.9 Å². The first-order chi connectivity index (χ1) is 14.0. The predicted octanol–water partition coefficient (Wildman–Crippen LogP) is 4.83. The van der Waals surface area contributed by atoms with E-state index in [4.69, 9.17) is 0 Å². The van der Waals surface area contributed by atoms with Crippen molar-refractivity contribution in [1.82, 2.24) is 4.98 Å². The monoisotopic (exact) mass is 409 g/mol. The maximum absolute atomic E-state index is 13.4. The maximum atomic E-state index is 13.4. The van der Waals surface area contributed by atoms with Gasteiger partial charge >= 0.3 is 0 Å². The van der Waals surface area contributed by atoms with E-state index < -0.39 is 11.7 Å². The predicted molar refractivity (Wildman–Crippen MR) is 112 cm³/mol. The molecule has 5 nitrogen and oxygen atoms in total. The molecule has 148 valence electrons. The molecular weight excluding hydrogens is 389 g/mol. The van der Waals surface area contributed by atoms with E-state index in [-0.39, 0.29) is 11.5 Å². The molecule has 1 aromatic carbocycles. The van der Waals surface area contributed by atoms with E-state index >= 15 is 0 Å². The number of carbonyl (C=O) groups is 2. The second kappa shape index (κ2) is 8.13. The number of nitrogens with zero attached hydrogens (tertiary/aromatic N) is 2. The molecule has 3 aromatic rings. The number of aryl methyl sites for hydroxylation is 2. The summed E-state index contributed by atoms with van der Waals surface area (Å²) in [7, 11) is 0. The van der Waals surface area contributed by atoms with Gasteiger partial charge in [-0.3, -0.25) is 9.59 Å². The van der Waals surface area contributed by atoms with E-state index in [1.165, 1.54) is 23.2 Å². The van der Waals surface area contributed by atoms with E-state index in [0.29, 0.717) is 23.5 Å². The molecule has 0 unspecified atom stereocenters. The number of hydrogen-bond acceptors (Lipinski definition) is 4. The number of thiophene rings is 1. The van der Waals surface area contributed by atoms with Crippen LogP contribution in [0.15, 0.2) is 48.0 Å². The summed E-state index contributed by atoms with van der Waals surface area (Å²) in [6.45, 7) is 2.42. The number of nitrogens with one attached hydrogen (secondary N) is 1. The third-order valence-corrected chi connectivity index (χ3v) is 5.96. The highest BCUT2D eigenvalue weighted by Crippen LogP contribution is 2.32. The van der Waals surface area contributed by atoms with Crippen molar-refractivity contribution in [1.29, 1.82) is 0 Å². The van der Waals surface area contributed by atoms with Crippen molar-refractivity contribution in [3.63, 3.8) is 0 Å². The summed E-state index contributed by atoms with van der Waals surface area (Å²) in [5.74, 6) is -0.705. The first kappa shape index (κ1) is 19.3. The molecule has 2 amide bonds. The molecule has 0 bridgehead atoms. The number of anilines is 2. The number of rotatable bonds is 3. The summed E-state index contributed by atoms with van der Waals surface area (Å²) in [6, 6.07) is 9.30. The second-order valence-corrected chi connectivity index (χ2v) is 7.99. The maximum Gasteiger partial charge on any atom is 0.259 e. The molecule has 0 spiro atoms. The highest BCUT2D eigenvalue weighted by molar-refractivity contribution is 7.10. The minimum Gasteiger partial charge on any atom is -0.307 e. The number of benzene rings is 1. The molecule has 0 aliphatic carbocycles. The molecule has 3 heterocycles. The van der Waals surface area contributed by atoms with Crippen LogP contribution in [-0.4, -0.2) is 23.3 Å². The number of halogens is 1. The molecule has 4 rings (SSSR count). The van der Waals surface area contributed by atoms with E-state index in [1.807, 2.05) is 16.3 Å². The van der Waals surface area contributed by atoms with Crippen molar-refractivity contribution in [2.75, 3.05) is 16.8 Å². The lowest BCUT2D eigenvalue weighted by Gasteiger charge is -2.21. The van der Waals surface area contributed by atoms with Crippen LogP contribution in [0.2, 0.25) is 0 Å². The van der Waals surface area contributed by atoms with Gasteiger partial charge in [0.1, 0.15) is 11.6 Å². The highest BCUT2D eigenvalue weighted by Gasteiger charge is 2.23. The highest BCUT2D eigenvalue weighted by atomic mass is 32.1. The number of amides is 2. The van der Waals surface area contributed by atoms with Crippen LogP contribution in [0.5, 0.6) is 0 Å². The third kappa shape index (κ3) is 4.05. The Bertz CT molecular complexity index is 1060. The zero-order valence-corrected chi connectivity index (χ0v) is 16.8. The topological polar surface area (TPSA) is 62.3 Å². The number of pyridine rings is 1. The van der Waals surface area contributed by atoms with Gasteiger partial charge in [0.25, 0.3) is 11.8 Å². The van der Waals surface area contributed by atoms with Gasteiger partial charge in [-0.1, -0.05) is 6.07 Å². The van der Waals surface area contributed by atoms with E-state index in [1.54, 1.807) is 36.5 Å². The van der Waals surface area contributed by atoms with Gasteiger partial charge in [0.15, 0.2) is 0 Å². The molecule has 0 saturated carbocycles. The molecule has 1 N–H and O–H groups in total. The lowest BCUT2D eigenvalue weighted by molar-refractivity contribution is 0.0985. The first-order valence-electron chi connectivity index (χ1n) is 9.45. The van der Waals surface area contributed by atoms with Crippen LogP contribution in [-0.2, 0) is 6.42 Å². The average molecular weight is 409 g/mol. The van der Waals surface area contributed by atoms with Crippen molar-refractivity contribution in [2.45, 2.75) is 26.2 Å². The van der Waals surface area contributed by atoms with Crippen LogP contribution in [0.25, 0.3) is 0 Å². The quantitative estimate of drug-likeness (QED) is 0.674. The van der Waals surface area contributed by atoms with Gasteiger partial charge in [-0.05, 0) is 67.5 Å². The Morgan fingerprint density at radius 2 is 2.03 bits per heavy atom. The van der Waals surface area contributed by atoms with Gasteiger partial charge in [-0.15, -0.1) is 11.3 Å². The Morgan fingerprint density at radius 1 is 1.17 bits per heavy atom. The van der Waals surface area contributed by atoms with Gasteiger partial charge in [0.05, 0.1) is 11.3 Å². The summed E-state index contributed by atoms with van der Waals surface area (Å²) in [4.78, 5) is 32.7. The molecule has 1 aliphatic heterocycles. The Kier molecular flexibility index (Phi) is 5.40. The van der Waals surface area contributed by atoms with Crippen LogP contribution in [0, 0.1) is 12.7 Å². The summed E-state index contributed by atoms with van der Waals surface area (Å²) in [5, 5.41) is 4.67. The van der Waals surface area contributed by atoms with Crippen LogP contribution >= 0.6 is 11.3 Å². The summed E-state index contributed by atoms with van der Waals surface area (Å²) >= 11 is 1.68. The zero-order valence-electron chi connectivity index (χ0n) is 15.9. The molecule has 7 heteroatoms. The van der Waals surface area contributed by atoms with Crippen molar-refractivity contribution in [3.05, 3.63) is 75.4 Å². The van der Waals surface area contributed by atoms with Crippen molar-refractivity contribution >= 4 is 34.7 Å². The minimum absolute atomic E-state index is 0.0992. The second-order valence-electron chi connectivity index (χ2n) is 6.99. The zero-order chi connectivity index (χ0) is 20.4. The smallest absolute Gasteiger partial charge is 0.259 e. The van der Waals surface area contributed by atoms with E-state index in [9.17, 15) is 14.0 Å². The Labute approximate surface area is 172 Å². The number of fused-ring (bicyclic) bond motifs is 1. The minimum atomic E-state index is -0.472. The van der Waals surface area contributed by atoms with Gasteiger partial charge in [-0.2, -0.15) is 0 Å². The summed E-state index contributed by atoms with van der Waals surface area (Å²) < 4.78 is 13.4. The van der Waals surface area contributed by atoms with Gasteiger partial charge in [0.2, 0.25) is 0 Å². The molecule has 0 saturated heterocycles. The Balaban J connectivity index is 1.50. The van der Waals surface area contributed by atoms with Crippen LogP contribution in [0.4, 0.5) is 15.9 Å². The lowest BCUT2D eigenvalue weighted by Crippen LogP contribution is -2.31. The average Bonchev–Trinajstić information content (AvgIpc) is 3.09. The Morgan fingerprint density at radius 3 is 2.83 bits per heavy atom. The molecule has 0 atom stereocenters. The van der Waals surface area contributed by atoms with Crippen LogP contribution in [0.1, 0.15) is 44.0 Å². The molecule has 0 radical (unpaired) electrons. The summed E-state index contributed by atoms with van der Waals surface area (Å²) in [6.07, 6.45) is 4.49. The molecule has 0 fully saturated rings. The van der Waals surface area contributed by atoms with Crippen LogP contribution in [0.3, 0.4) is 0 Å². The molecule has 2 aromatic heterocycles. The molecule has 1 aliphatic rings. The summed E-state index contributed by atoms with van der Waals surface area (Å²) in [5.41, 5.74) is 2.37. The van der Waals surface area contributed by atoms with Gasteiger partial charge in [-0.25, -0.2) is 9.37 Å². The Hall–Kier alpha value is -3.06. The first-order valence-corrected chi connectivity index (χ1v) is 10.3. The van der Waals surface area contributed by atoms with Crippen molar-refractivity contribution in [2.24, 2.45) is 0 Å². The van der Waals surface area contributed by atoms with Gasteiger partial charge in [0, 0.05) is 23.2 Å². The van der Waals surface area contributed by atoms with Crippen molar-refractivity contribution in [3.8, 4) is 0 Å². The largest absolute Gasteiger partial charge is 0.307 e. The SMILES string of the molecule is Cc1ccc(F)cc1C(=O)Nc1ccc(C(=O)N2CCCCc3sccc32)cn1. The fourth-order valence-electron chi connectivity index (χ4n) is 3.42.